The van der Waals surface area contributed by atoms with Crippen LogP contribution in [0.25, 0.3) is 22.2 Å². The van der Waals surface area contributed by atoms with E-state index >= 15 is 0 Å². The normalized spacial score (nSPS) is 10.8. The van der Waals surface area contributed by atoms with Crippen LogP contribution < -0.4 is 10.9 Å². The van der Waals surface area contributed by atoms with Gasteiger partial charge >= 0.3 is 0 Å². The highest BCUT2D eigenvalue weighted by molar-refractivity contribution is 5.91. The van der Waals surface area contributed by atoms with Crippen LogP contribution in [-0.4, -0.2) is 25.4 Å². The third-order valence-corrected chi connectivity index (χ3v) is 4.26. The number of amides is 1. The van der Waals surface area contributed by atoms with Gasteiger partial charge in [0.25, 0.3) is 5.56 Å². The van der Waals surface area contributed by atoms with Crippen LogP contribution in [0.15, 0.2) is 71.9 Å². The van der Waals surface area contributed by atoms with Crippen molar-refractivity contribution in [1.29, 1.82) is 0 Å². The Balaban J connectivity index is 1.54. The molecular weight excluding hydrogens is 354 g/mol. The predicted molar refractivity (Wildman–Crippen MR) is 107 cm³/mol. The summed E-state index contributed by atoms with van der Waals surface area (Å²) in [5.41, 5.74) is 2.63. The standard InChI is InChI=1S/C21H17N5O2/c1-14-22-10-9-18(24-14)15-5-4-6-16(11-15)25-20(27)12-26-13-23-19-8-3-2-7-17(19)21(26)28/h2-11,13H,12H2,1H3,(H,25,27). The van der Waals surface area contributed by atoms with E-state index in [0.717, 1.165) is 11.3 Å². The summed E-state index contributed by atoms with van der Waals surface area (Å²) < 4.78 is 1.30. The number of carbonyl (C=O) groups excluding carboxylic acids is 1. The number of aromatic nitrogens is 4. The summed E-state index contributed by atoms with van der Waals surface area (Å²) in [5, 5.41) is 3.31. The molecule has 138 valence electrons. The van der Waals surface area contributed by atoms with Gasteiger partial charge in [0, 0.05) is 17.4 Å². The van der Waals surface area contributed by atoms with Gasteiger partial charge in [-0.3, -0.25) is 14.2 Å². The SMILES string of the molecule is Cc1nccc(-c2cccc(NC(=O)Cn3cnc4ccccc4c3=O)c2)n1. The maximum Gasteiger partial charge on any atom is 0.261 e. The Morgan fingerprint density at radius 2 is 1.93 bits per heavy atom. The van der Waals surface area contributed by atoms with Crippen molar-refractivity contribution in [2.24, 2.45) is 0 Å². The molecule has 0 aliphatic carbocycles. The van der Waals surface area contributed by atoms with Crippen molar-refractivity contribution in [3.63, 3.8) is 0 Å². The van der Waals surface area contributed by atoms with Crippen molar-refractivity contribution in [2.45, 2.75) is 13.5 Å². The Kier molecular flexibility index (Phi) is 4.63. The molecule has 2 heterocycles. The molecule has 2 aromatic heterocycles. The number of hydrogen-bond acceptors (Lipinski definition) is 5. The smallest absolute Gasteiger partial charge is 0.261 e. The van der Waals surface area contributed by atoms with Gasteiger partial charge in [-0.15, -0.1) is 0 Å². The van der Waals surface area contributed by atoms with E-state index in [0.29, 0.717) is 22.4 Å². The van der Waals surface area contributed by atoms with Crippen LogP contribution in [0.3, 0.4) is 0 Å². The van der Waals surface area contributed by atoms with E-state index < -0.39 is 0 Å². The van der Waals surface area contributed by atoms with E-state index in [1.807, 2.05) is 37.3 Å². The first-order valence-electron chi connectivity index (χ1n) is 8.74. The molecular formula is C21H17N5O2. The minimum atomic E-state index is -0.310. The minimum absolute atomic E-state index is 0.118. The summed E-state index contributed by atoms with van der Waals surface area (Å²) in [6.45, 7) is 1.71. The number of nitrogens with one attached hydrogen (secondary N) is 1. The molecule has 0 radical (unpaired) electrons. The number of benzene rings is 2. The summed E-state index contributed by atoms with van der Waals surface area (Å²) in [5.74, 6) is 0.366. The fourth-order valence-corrected chi connectivity index (χ4v) is 2.95. The molecule has 4 rings (SSSR count). The van der Waals surface area contributed by atoms with Gasteiger partial charge in [0.05, 0.1) is 22.9 Å². The number of anilines is 1. The third kappa shape index (κ3) is 3.64. The van der Waals surface area contributed by atoms with Crippen LogP contribution in [0.5, 0.6) is 0 Å². The van der Waals surface area contributed by atoms with Crippen LogP contribution in [-0.2, 0) is 11.3 Å². The van der Waals surface area contributed by atoms with Crippen molar-refractivity contribution in [3.05, 3.63) is 83.3 Å². The van der Waals surface area contributed by atoms with Gasteiger partial charge in [0.2, 0.25) is 5.91 Å². The van der Waals surface area contributed by atoms with Crippen LogP contribution >= 0.6 is 0 Å². The second-order valence-corrected chi connectivity index (χ2v) is 6.31. The first-order chi connectivity index (χ1) is 13.6. The fraction of sp³-hybridized carbons (Fsp3) is 0.0952. The zero-order valence-corrected chi connectivity index (χ0v) is 15.2. The Hall–Kier alpha value is -3.87. The van der Waals surface area contributed by atoms with Crippen LogP contribution in [0.4, 0.5) is 5.69 Å². The van der Waals surface area contributed by atoms with E-state index in [9.17, 15) is 9.59 Å². The molecule has 1 N–H and O–H groups in total. The quantitative estimate of drug-likeness (QED) is 0.596. The highest BCUT2D eigenvalue weighted by atomic mass is 16.2. The van der Waals surface area contributed by atoms with Gasteiger partial charge in [-0.2, -0.15) is 0 Å². The molecule has 0 aliphatic rings. The van der Waals surface area contributed by atoms with Gasteiger partial charge < -0.3 is 5.32 Å². The Labute approximate surface area is 160 Å². The van der Waals surface area contributed by atoms with Crippen LogP contribution in [0, 0.1) is 6.92 Å². The Morgan fingerprint density at radius 1 is 1.07 bits per heavy atom. The van der Waals surface area contributed by atoms with Crippen molar-refractivity contribution in [1.82, 2.24) is 19.5 Å². The first-order valence-corrected chi connectivity index (χ1v) is 8.74. The largest absolute Gasteiger partial charge is 0.325 e. The molecule has 0 spiro atoms. The molecule has 0 bridgehead atoms. The lowest BCUT2D eigenvalue weighted by Crippen LogP contribution is -2.27. The third-order valence-electron chi connectivity index (χ3n) is 4.26. The van der Waals surface area contributed by atoms with E-state index in [1.165, 1.54) is 10.9 Å². The van der Waals surface area contributed by atoms with Crippen molar-refractivity contribution < 1.29 is 4.79 Å². The first kappa shape index (κ1) is 17.5. The summed E-state index contributed by atoms with van der Waals surface area (Å²) in [4.78, 5) is 37.7. The van der Waals surface area contributed by atoms with Crippen LogP contribution in [0.1, 0.15) is 5.82 Å². The molecule has 7 heteroatoms. The predicted octanol–water partition coefficient (Wildman–Crippen LogP) is 2.80. The molecule has 0 fully saturated rings. The topological polar surface area (TPSA) is 89.8 Å². The number of rotatable bonds is 4. The Morgan fingerprint density at radius 3 is 2.79 bits per heavy atom. The number of para-hydroxylation sites is 1. The van der Waals surface area contributed by atoms with E-state index in [1.54, 1.807) is 30.5 Å². The van der Waals surface area contributed by atoms with Gasteiger partial charge in [0.1, 0.15) is 12.4 Å². The van der Waals surface area contributed by atoms with E-state index in [-0.39, 0.29) is 18.0 Å². The Bertz CT molecular complexity index is 1230. The van der Waals surface area contributed by atoms with E-state index in [4.69, 9.17) is 0 Å². The molecule has 4 aromatic rings. The molecule has 28 heavy (non-hydrogen) atoms. The monoisotopic (exact) mass is 371 g/mol. The molecule has 0 aliphatic heterocycles. The fourth-order valence-electron chi connectivity index (χ4n) is 2.95. The second kappa shape index (κ2) is 7.40. The number of fused-ring (bicyclic) bond motifs is 1. The highest BCUT2D eigenvalue weighted by Gasteiger charge is 2.09. The molecule has 0 saturated heterocycles. The maximum atomic E-state index is 12.5. The van der Waals surface area contributed by atoms with Crippen LogP contribution in [0.2, 0.25) is 0 Å². The number of aryl methyl sites for hydroxylation is 1. The average Bonchev–Trinajstić information content (AvgIpc) is 2.70. The van der Waals surface area contributed by atoms with E-state index in [2.05, 4.69) is 20.3 Å². The average molecular weight is 371 g/mol. The van der Waals surface area contributed by atoms with Crippen molar-refractivity contribution in [3.8, 4) is 11.3 Å². The molecule has 2 aromatic carbocycles. The lowest BCUT2D eigenvalue weighted by molar-refractivity contribution is -0.116. The van der Waals surface area contributed by atoms with Gasteiger partial charge in [-0.05, 0) is 37.3 Å². The van der Waals surface area contributed by atoms with Crippen molar-refractivity contribution >= 4 is 22.5 Å². The van der Waals surface area contributed by atoms with Gasteiger partial charge in [0.15, 0.2) is 0 Å². The zero-order valence-electron chi connectivity index (χ0n) is 15.2. The molecule has 1 amide bonds. The molecule has 0 saturated carbocycles. The lowest BCUT2D eigenvalue weighted by atomic mass is 10.1. The van der Waals surface area contributed by atoms with Gasteiger partial charge in [-0.1, -0.05) is 24.3 Å². The second-order valence-electron chi connectivity index (χ2n) is 6.31. The number of nitrogens with zero attached hydrogens (tertiary/aromatic N) is 4. The number of carbonyl (C=O) groups is 1. The molecule has 0 unspecified atom stereocenters. The zero-order chi connectivity index (χ0) is 19.5. The summed E-state index contributed by atoms with van der Waals surface area (Å²) >= 11 is 0. The summed E-state index contributed by atoms with van der Waals surface area (Å²) in [7, 11) is 0. The minimum Gasteiger partial charge on any atom is -0.325 e. The van der Waals surface area contributed by atoms with Gasteiger partial charge in [-0.25, -0.2) is 15.0 Å². The molecule has 7 nitrogen and oxygen atoms in total. The highest BCUT2D eigenvalue weighted by Crippen LogP contribution is 2.20. The molecule has 0 atom stereocenters. The summed E-state index contributed by atoms with van der Waals surface area (Å²) in [6, 6.07) is 16.2. The maximum absolute atomic E-state index is 12.5. The summed E-state index contributed by atoms with van der Waals surface area (Å²) in [6.07, 6.45) is 3.09. The van der Waals surface area contributed by atoms with Crippen molar-refractivity contribution in [2.75, 3.05) is 5.32 Å². The lowest BCUT2D eigenvalue weighted by Gasteiger charge is -2.09. The number of hydrogen-bond donors (Lipinski definition) is 1.